The number of ether oxygens (including phenoxy) is 2. The lowest BCUT2D eigenvalue weighted by molar-refractivity contribution is -0.286. The smallest absolute Gasteiger partial charge is 0.395 e. The summed E-state index contributed by atoms with van der Waals surface area (Å²) in [5.74, 6) is -0.406. The number of hydrogen-bond donors (Lipinski definition) is 1. The van der Waals surface area contributed by atoms with Crippen molar-refractivity contribution in [1.82, 2.24) is 9.78 Å². The van der Waals surface area contributed by atoms with Crippen molar-refractivity contribution in [1.29, 1.82) is 0 Å². The van der Waals surface area contributed by atoms with E-state index in [4.69, 9.17) is 11.6 Å². The van der Waals surface area contributed by atoms with Gasteiger partial charge in [-0.05, 0) is 47.9 Å². The minimum absolute atomic E-state index is 0.00295. The molecule has 28 heavy (non-hydrogen) atoms. The zero-order valence-corrected chi connectivity index (χ0v) is 15.6. The Balaban J connectivity index is 1.57. The van der Waals surface area contributed by atoms with Crippen LogP contribution in [0.15, 0.2) is 42.6 Å². The van der Waals surface area contributed by atoms with Gasteiger partial charge >= 0.3 is 6.29 Å². The highest BCUT2D eigenvalue weighted by Gasteiger charge is 2.43. The molecule has 9 heteroatoms. The first-order chi connectivity index (χ1) is 13.2. The molecule has 1 aliphatic rings. The Labute approximate surface area is 163 Å². The fraction of sp³-hybridized carbons (Fsp3) is 0.158. The number of amides is 1. The van der Waals surface area contributed by atoms with Gasteiger partial charge in [0, 0.05) is 12.7 Å². The average molecular weight is 406 g/mol. The maximum absolute atomic E-state index is 13.3. The minimum Gasteiger partial charge on any atom is -0.395 e. The van der Waals surface area contributed by atoms with Gasteiger partial charge in [0.2, 0.25) is 0 Å². The van der Waals surface area contributed by atoms with E-state index in [0.717, 1.165) is 11.1 Å². The molecule has 2 heterocycles. The number of aromatic nitrogens is 2. The van der Waals surface area contributed by atoms with Crippen molar-refractivity contribution in [3.8, 4) is 22.6 Å². The lowest BCUT2D eigenvalue weighted by Gasteiger charge is -2.10. The third-order valence-corrected chi connectivity index (χ3v) is 4.59. The molecule has 144 valence electrons. The molecule has 3 aromatic rings. The van der Waals surface area contributed by atoms with Gasteiger partial charge in [-0.1, -0.05) is 23.7 Å². The Morgan fingerprint density at radius 1 is 1.18 bits per heavy atom. The predicted molar refractivity (Wildman–Crippen MR) is 99.0 cm³/mol. The largest absolute Gasteiger partial charge is 0.586 e. The number of carbonyl (C=O) groups is 1. The van der Waals surface area contributed by atoms with E-state index in [-0.39, 0.29) is 28.1 Å². The van der Waals surface area contributed by atoms with E-state index in [2.05, 4.69) is 19.9 Å². The van der Waals surface area contributed by atoms with E-state index in [1.807, 2.05) is 0 Å². The van der Waals surface area contributed by atoms with Crippen LogP contribution in [-0.2, 0) is 7.05 Å². The first-order valence-electron chi connectivity index (χ1n) is 8.23. The normalized spacial score (nSPS) is 14.2. The molecule has 0 bridgehead atoms. The fourth-order valence-corrected chi connectivity index (χ4v) is 3.25. The van der Waals surface area contributed by atoms with Crippen molar-refractivity contribution >= 4 is 23.2 Å². The summed E-state index contributed by atoms with van der Waals surface area (Å²) < 4.78 is 36.9. The van der Waals surface area contributed by atoms with Gasteiger partial charge < -0.3 is 14.8 Å². The molecule has 0 radical (unpaired) electrons. The molecule has 1 amide bonds. The van der Waals surface area contributed by atoms with E-state index in [1.54, 1.807) is 38.2 Å². The zero-order valence-electron chi connectivity index (χ0n) is 14.8. The molecular weight excluding hydrogens is 392 g/mol. The number of nitrogens with one attached hydrogen (secondary N) is 1. The third kappa shape index (κ3) is 3.27. The Morgan fingerprint density at radius 2 is 1.82 bits per heavy atom. The molecule has 0 aliphatic carbocycles. The van der Waals surface area contributed by atoms with Crippen molar-refractivity contribution in [3.05, 3.63) is 58.9 Å². The molecule has 6 nitrogen and oxygen atoms in total. The van der Waals surface area contributed by atoms with Crippen molar-refractivity contribution in [2.24, 2.45) is 7.05 Å². The second kappa shape index (κ2) is 6.49. The topological polar surface area (TPSA) is 65.4 Å². The zero-order chi connectivity index (χ0) is 20.1. The van der Waals surface area contributed by atoms with Crippen LogP contribution in [0.5, 0.6) is 11.5 Å². The van der Waals surface area contributed by atoms with Gasteiger partial charge in [0.1, 0.15) is 5.69 Å². The van der Waals surface area contributed by atoms with Gasteiger partial charge in [-0.3, -0.25) is 9.48 Å². The van der Waals surface area contributed by atoms with Crippen molar-refractivity contribution < 1.29 is 23.0 Å². The SMILES string of the molecule is Cc1cc2c(cc1-c1ccc(NC(=O)c3c(Cl)cnn3C)cc1)OC(F)(F)O2. The van der Waals surface area contributed by atoms with E-state index >= 15 is 0 Å². The predicted octanol–water partition coefficient (Wildman–Crippen LogP) is 4.62. The molecule has 4 rings (SSSR count). The highest BCUT2D eigenvalue weighted by molar-refractivity contribution is 6.34. The lowest BCUT2D eigenvalue weighted by atomic mass is 9.99. The Kier molecular flexibility index (Phi) is 4.23. The molecular formula is C19H14ClF2N3O3. The van der Waals surface area contributed by atoms with E-state index in [9.17, 15) is 13.6 Å². The standard InChI is InChI=1S/C19H14ClF2N3O3/c1-10-7-15-16(28-19(21,22)27-15)8-13(10)11-3-5-12(6-4-11)24-18(26)17-14(20)9-23-25(17)2/h3-9H,1-2H3,(H,24,26). The highest BCUT2D eigenvalue weighted by Crippen LogP contribution is 2.44. The number of rotatable bonds is 3. The van der Waals surface area contributed by atoms with Gasteiger partial charge in [0.05, 0.1) is 11.2 Å². The van der Waals surface area contributed by atoms with Crippen LogP contribution < -0.4 is 14.8 Å². The number of carbonyl (C=O) groups excluding carboxylic acids is 1. The van der Waals surface area contributed by atoms with Crippen LogP contribution in [-0.4, -0.2) is 22.0 Å². The molecule has 0 unspecified atom stereocenters. The van der Waals surface area contributed by atoms with Gasteiger partial charge in [-0.25, -0.2) is 0 Å². The summed E-state index contributed by atoms with van der Waals surface area (Å²) >= 11 is 5.98. The lowest BCUT2D eigenvalue weighted by Crippen LogP contribution is -2.25. The summed E-state index contributed by atoms with van der Waals surface area (Å²) in [6, 6.07) is 9.96. The van der Waals surface area contributed by atoms with Crippen LogP contribution in [0.25, 0.3) is 11.1 Å². The first-order valence-corrected chi connectivity index (χ1v) is 8.61. The van der Waals surface area contributed by atoms with E-state index in [1.165, 1.54) is 23.0 Å². The molecule has 2 aromatic carbocycles. The van der Waals surface area contributed by atoms with Gasteiger partial charge in [0.25, 0.3) is 5.91 Å². The fourth-order valence-electron chi connectivity index (χ4n) is 3.00. The number of alkyl halides is 2. The second-order valence-electron chi connectivity index (χ2n) is 6.28. The van der Waals surface area contributed by atoms with Gasteiger partial charge in [-0.15, -0.1) is 8.78 Å². The number of aryl methyl sites for hydroxylation is 2. The van der Waals surface area contributed by atoms with Crippen LogP contribution in [0.2, 0.25) is 5.02 Å². The van der Waals surface area contributed by atoms with Gasteiger partial charge in [-0.2, -0.15) is 5.10 Å². The van der Waals surface area contributed by atoms with Crippen LogP contribution in [0.1, 0.15) is 16.1 Å². The summed E-state index contributed by atoms with van der Waals surface area (Å²) in [5.41, 5.74) is 3.04. The van der Waals surface area contributed by atoms with Crippen LogP contribution in [0, 0.1) is 6.92 Å². The van der Waals surface area contributed by atoms with E-state index in [0.29, 0.717) is 11.3 Å². The summed E-state index contributed by atoms with van der Waals surface area (Å²) in [6.07, 6.45) is -2.26. The second-order valence-corrected chi connectivity index (χ2v) is 6.68. The highest BCUT2D eigenvalue weighted by atomic mass is 35.5. The molecule has 1 N–H and O–H groups in total. The molecule has 1 aromatic heterocycles. The Hall–Kier alpha value is -3.13. The van der Waals surface area contributed by atoms with Crippen LogP contribution in [0.3, 0.4) is 0 Å². The molecule has 1 aliphatic heterocycles. The number of benzene rings is 2. The summed E-state index contributed by atoms with van der Waals surface area (Å²) in [5, 5.41) is 6.93. The molecule has 0 saturated heterocycles. The summed E-state index contributed by atoms with van der Waals surface area (Å²) in [4.78, 5) is 12.4. The Bertz CT molecular complexity index is 1060. The number of halogens is 3. The average Bonchev–Trinajstić information content (AvgIpc) is 3.11. The molecule has 0 saturated carbocycles. The van der Waals surface area contributed by atoms with Gasteiger partial charge in [0.15, 0.2) is 11.5 Å². The molecule has 0 atom stereocenters. The third-order valence-electron chi connectivity index (χ3n) is 4.31. The maximum atomic E-state index is 13.3. The van der Waals surface area contributed by atoms with Crippen LogP contribution >= 0.6 is 11.6 Å². The number of fused-ring (bicyclic) bond motifs is 1. The molecule has 0 fully saturated rings. The monoisotopic (exact) mass is 405 g/mol. The van der Waals surface area contributed by atoms with Crippen molar-refractivity contribution in [2.75, 3.05) is 5.32 Å². The minimum atomic E-state index is -3.66. The number of hydrogen-bond acceptors (Lipinski definition) is 4. The van der Waals surface area contributed by atoms with Crippen LogP contribution in [0.4, 0.5) is 14.5 Å². The maximum Gasteiger partial charge on any atom is 0.586 e. The number of nitrogens with zero attached hydrogens (tertiary/aromatic N) is 2. The van der Waals surface area contributed by atoms with E-state index < -0.39 is 6.29 Å². The molecule has 0 spiro atoms. The quantitative estimate of drug-likeness (QED) is 0.690. The summed E-state index contributed by atoms with van der Waals surface area (Å²) in [7, 11) is 1.62. The number of anilines is 1. The van der Waals surface area contributed by atoms with Crippen molar-refractivity contribution in [3.63, 3.8) is 0 Å². The summed E-state index contributed by atoms with van der Waals surface area (Å²) in [6.45, 7) is 1.79. The Morgan fingerprint density at radius 3 is 2.43 bits per heavy atom. The first kappa shape index (κ1) is 18.2. The van der Waals surface area contributed by atoms with Crippen molar-refractivity contribution in [2.45, 2.75) is 13.2 Å².